The zero-order valence-electron chi connectivity index (χ0n) is 21.3. The van der Waals surface area contributed by atoms with Crippen LogP contribution >= 0.6 is 0 Å². The molecule has 188 valence electrons. The van der Waals surface area contributed by atoms with E-state index in [1.165, 1.54) is 6.42 Å². The number of nitrogens with one attached hydrogen (secondary N) is 2. The number of nitrogens with zero attached hydrogens (tertiary/aromatic N) is 1. The maximum atomic E-state index is 14.1. The van der Waals surface area contributed by atoms with Gasteiger partial charge in [0.15, 0.2) is 0 Å². The van der Waals surface area contributed by atoms with Gasteiger partial charge in [-0.15, -0.1) is 0 Å². The Morgan fingerprint density at radius 2 is 1.74 bits per heavy atom. The summed E-state index contributed by atoms with van der Waals surface area (Å²) in [6.07, 6.45) is 8.06. The van der Waals surface area contributed by atoms with Crippen molar-refractivity contribution in [3.63, 3.8) is 0 Å². The summed E-state index contributed by atoms with van der Waals surface area (Å²) in [4.78, 5) is 43.2. The van der Waals surface area contributed by atoms with Gasteiger partial charge in [0.1, 0.15) is 11.6 Å². The highest BCUT2D eigenvalue weighted by Crippen LogP contribution is 2.60. The first-order valence-electron chi connectivity index (χ1n) is 12.9. The third-order valence-corrected chi connectivity index (χ3v) is 8.20. The second-order valence-electron chi connectivity index (χ2n) is 12.0. The van der Waals surface area contributed by atoms with Crippen LogP contribution in [0.25, 0.3) is 0 Å². The number of fused-ring (bicyclic) bond motifs is 1. The Balaban J connectivity index is 1.54. The first kappa shape index (κ1) is 24.0. The SMILES string of the molecule is C[C@@H]1CCCC[C@@H]1NC(=O)[C@@H]1[C@@H]2C(=O)N(c3ccccc3)[C@H](C(=O)NC(C)(C)C)[C@@]23C=C[C@@]1(C)O3. The van der Waals surface area contributed by atoms with Crippen molar-refractivity contribution >= 4 is 23.4 Å². The van der Waals surface area contributed by atoms with Gasteiger partial charge >= 0.3 is 0 Å². The van der Waals surface area contributed by atoms with E-state index in [1.807, 2.05) is 70.2 Å². The molecule has 7 nitrogen and oxygen atoms in total. The van der Waals surface area contributed by atoms with E-state index in [2.05, 4.69) is 17.6 Å². The van der Waals surface area contributed by atoms with E-state index in [0.29, 0.717) is 11.6 Å². The normalized spacial score (nSPS) is 37.9. The Hall–Kier alpha value is -2.67. The molecule has 3 amide bonds. The molecule has 1 aliphatic carbocycles. The molecule has 1 aromatic carbocycles. The summed E-state index contributed by atoms with van der Waals surface area (Å²) in [5.74, 6) is -1.75. The Labute approximate surface area is 207 Å². The lowest BCUT2D eigenvalue weighted by atomic mass is 9.70. The third-order valence-electron chi connectivity index (χ3n) is 8.20. The van der Waals surface area contributed by atoms with Gasteiger partial charge in [-0.25, -0.2) is 0 Å². The first-order chi connectivity index (χ1) is 16.5. The van der Waals surface area contributed by atoms with Gasteiger partial charge in [-0.1, -0.05) is 50.1 Å². The molecule has 2 bridgehead atoms. The van der Waals surface area contributed by atoms with Crippen molar-refractivity contribution < 1.29 is 19.1 Å². The molecule has 1 spiro atoms. The van der Waals surface area contributed by atoms with E-state index in [1.54, 1.807) is 4.90 Å². The molecule has 35 heavy (non-hydrogen) atoms. The molecule has 2 saturated heterocycles. The molecular formula is C28H37N3O4. The third kappa shape index (κ3) is 3.79. The van der Waals surface area contributed by atoms with Crippen LogP contribution in [0.15, 0.2) is 42.5 Å². The fraction of sp³-hybridized carbons (Fsp3) is 0.607. The predicted molar refractivity (Wildman–Crippen MR) is 134 cm³/mol. The largest absolute Gasteiger partial charge is 0.356 e. The second-order valence-corrected chi connectivity index (χ2v) is 12.0. The number of benzene rings is 1. The number of carbonyl (C=O) groups is 3. The maximum absolute atomic E-state index is 14.1. The van der Waals surface area contributed by atoms with Crippen LogP contribution in [0.3, 0.4) is 0 Å². The molecule has 0 aromatic heterocycles. The summed E-state index contributed by atoms with van der Waals surface area (Å²) in [6, 6.07) is 8.39. The van der Waals surface area contributed by atoms with Crippen molar-refractivity contribution in [2.24, 2.45) is 17.8 Å². The van der Waals surface area contributed by atoms with Crippen LogP contribution in [0.1, 0.15) is 60.3 Å². The number of hydrogen-bond acceptors (Lipinski definition) is 4. The lowest BCUT2D eigenvalue weighted by molar-refractivity contribution is -0.135. The molecule has 3 heterocycles. The molecule has 2 N–H and O–H groups in total. The highest BCUT2D eigenvalue weighted by Gasteiger charge is 2.76. The fourth-order valence-electron chi connectivity index (χ4n) is 6.64. The summed E-state index contributed by atoms with van der Waals surface area (Å²) in [7, 11) is 0. The van der Waals surface area contributed by atoms with Gasteiger partial charge in [0.25, 0.3) is 0 Å². The van der Waals surface area contributed by atoms with Gasteiger partial charge < -0.3 is 15.4 Å². The second kappa shape index (κ2) is 8.19. The van der Waals surface area contributed by atoms with Gasteiger partial charge in [-0.2, -0.15) is 0 Å². The number of para-hydroxylation sites is 1. The minimum atomic E-state index is -1.20. The van der Waals surface area contributed by atoms with E-state index in [4.69, 9.17) is 4.74 Å². The van der Waals surface area contributed by atoms with Crippen molar-refractivity contribution in [1.82, 2.24) is 10.6 Å². The molecule has 3 aliphatic heterocycles. The van der Waals surface area contributed by atoms with Gasteiger partial charge in [0.05, 0.1) is 17.4 Å². The van der Waals surface area contributed by atoms with Crippen molar-refractivity contribution in [2.45, 2.75) is 89.1 Å². The lowest BCUT2D eigenvalue weighted by Gasteiger charge is -2.35. The zero-order valence-corrected chi connectivity index (χ0v) is 21.3. The molecule has 1 aromatic rings. The van der Waals surface area contributed by atoms with Crippen molar-refractivity contribution in [2.75, 3.05) is 4.90 Å². The van der Waals surface area contributed by atoms with Gasteiger partial charge in [-0.05, 0) is 58.6 Å². The average molecular weight is 480 g/mol. The standard InChI is InChI=1S/C28H37N3O4/c1-17-11-9-10-14-19(17)29-23(32)20-21-25(34)31(18-12-7-6-8-13-18)22(24(33)30-26(2,3)4)28(21)16-15-27(20,5)35-28/h6-8,12-13,15-17,19-22H,9-11,14H2,1-5H3,(H,29,32)(H,30,33)/t17-,19+,20+,21-,22-,27-,28-/m1/s1. The Morgan fingerprint density at radius 3 is 2.40 bits per heavy atom. The van der Waals surface area contributed by atoms with Crippen LogP contribution in [0, 0.1) is 17.8 Å². The predicted octanol–water partition coefficient (Wildman–Crippen LogP) is 3.34. The quantitative estimate of drug-likeness (QED) is 0.649. The Morgan fingerprint density at radius 1 is 1.06 bits per heavy atom. The lowest BCUT2D eigenvalue weighted by Crippen LogP contribution is -2.58. The molecule has 5 rings (SSSR count). The minimum Gasteiger partial charge on any atom is -0.356 e. The van der Waals surface area contributed by atoms with E-state index >= 15 is 0 Å². The molecule has 4 aliphatic rings. The number of ether oxygens (including phenoxy) is 1. The van der Waals surface area contributed by atoms with Crippen LogP contribution in [0.4, 0.5) is 5.69 Å². The molecule has 7 atom stereocenters. The van der Waals surface area contributed by atoms with E-state index in [9.17, 15) is 14.4 Å². The smallest absolute Gasteiger partial charge is 0.246 e. The number of anilines is 1. The van der Waals surface area contributed by atoms with Crippen molar-refractivity contribution in [3.05, 3.63) is 42.5 Å². The van der Waals surface area contributed by atoms with Crippen molar-refractivity contribution in [3.8, 4) is 0 Å². The Bertz CT molecular complexity index is 1060. The van der Waals surface area contributed by atoms with Crippen LogP contribution in [-0.4, -0.2) is 46.5 Å². The molecule has 7 heteroatoms. The highest BCUT2D eigenvalue weighted by atomic mass is 16.5. The molecule has 3 fully saturated rings. The van der Waals surface area contributed by atoms with Crippen LogP contribution in [0.5, 0.6) is 0 Å². The van der Waals surface area contributed by atoms with Crippen molar-refractivity contribution in [1.29, 1.82) is 0 Å². The van der Waals surface area contributed by atoms with Crippen LogP contribution in [0.2, 0.25) is 0 Å². The zero-order chi connectivity index (χ0) is 25.2. The number of rotatable bonds is 4. The summed E-state index contributed by atoms with van der Waals surface area (Å²) >= 11 is 0. The summed E-state index contributed by atoms with van der Waals surface area (Å²) < 4.78 is 6.60. The molecular weight excluding hydrogens is 442 g/mol. The molecule has 1 saturated carbocycles. The molecule has 0 radical (unpaired) electrons. The highest BCUT2D eigenvalue weighted by molar-refractivity contribution is 6.10. The van der Waals surface area contributed by atoms with E-state index < -0.39 is 34.6 Å². The van der Waals surface area contributed by atoms with Crippen LogP contribution < -0.4 is 15.5 Å². The minimum absolute atomic E-state index is 0.0978. The fourth-order valence-corrected chi connectivity index (χ4v) is 6.64. The Kier molecular flexibility index (Phi) is 5.62. The number of hydrogen-bond donors (Lipinski definition) is 2. The maximum Gasteiger partial charge on any atom is 0.246 e. The van der Waals surface area contributed by atoms with E-state index in [-0.39, 0.29) is 23.8 Å². The van der Waals surface area contributed by atoms with Gasteiger partial charge in [0.2, 0.25) is 17.7 Å². The summed E-state index contributed by atoms with van der Waals surface area (Å²) in [5, 5.41) is 6.32. The summed E-state index contributed by atoms with van der Waals surface area (Å²) in [6.45, 7) is 9.78. The number of amides is 3. The van der Waals surface area contributed by atoms with Gasteiger partial charge in [0, 0.05) is 17.3 Å². The summed E-state index contributed by atoms with van der Waals surface area (Å²) in [5.41, 5.74) is -2.00. The average Bonchev–Trinajstić information content (AvgIpc) is 3.35. The first-order valence-corrected chi connectivity index (χ1v) is 12.9. The van der Waals surface area contributed by atoms with Crippen LogP contribution in [-0.2, 0) is 19.1 Å². The topological polar surface area (TPSA) is 87.7 Å². The number of carbonyl (C=O) groups excluding carboxylic acids is 3. The van der Waals surface area contributed by atoms with E-state index in [0.717, 1.165) is 19.3 Å². The monoisotopic (exact) mass is 479 g/mol. The molecule has 0 unspecified atom stereocenters. The van der Waals surface area contributed by atoms with Gasteiger partial charge in [-0.3, -0.25) is 19.3 Å².